The van der Waals surface area contributed by atoms with Gasteiger partial charge in [0.25, 0.3) is 0 Å². The Labute approximate surface area is 132 Å². The highest BCUT2D eigenvalue weighted by molar-refractivity contribution is 5.85. The van der Waals surface area contributed by atoms with Crippen molar-refractivity contribution in [2.45, 2.75) is 57.0 Å². The van der Waals surface area contributed by atoms with Gasteiger partial charge in [-0.3, -0.25) is 9.59 Å². The number of likely N-dealkylation sites (tertiary alicyclic amines) is 2. The summed E-state index contributed by atoms with van der Waals surface area (Å²) in [5, 5.41) is 3.33. The maximum Gasteiger partial charge on any atom is 0.239 e. The Bertz CT molecular complexity index is 377. The van der Waals surface area contributed by atoms with E-state index in [4.69, 9.17) is 0 Å². The molecule has 2 amide bonds. The summed E-state index contributed by atoms with van der Waals surface area (Å²) in [5.41, 5.74) is 0. The highest BCUT2D eigenvalue weighted by atomic mass is 35.5. The molecular weight excluding hydrogens is 290 g/mol. The zero-order chi connectivity index (χ0) is 13.9. The number of nitrogens with zero attached hydrogens (tertiary/aromatic N) is 2. The first-order valence-corrected chi connectivity index (χ1v) is 8.07. The number of piperidine rings is 2. The Morgan fingerprint density at radius 3 is 2.38 bits per heavy atom. The molecule has 0 aromatic carbocycles. The fourth-order valence-corrected chi connectivity index (χ4v) is 3.74. The minimum Gasteiger partial charge on any atom is -0.341 e. The summed E-state index contributed by atoms with van der Waals surface area (Å²) < 4.78 is 0. The van der Waals surface area contributed by atoms with Gasteiger partial charge in [-0.1, -0.05) is 6.42 Å². The summed E-state index contributed by atoms with van der Waals surface area (Å²) >= 11 is 0. The van der Waals surface area contributed by atoms with Gasteiger partial charge in [0.05, 0.1) is 6.04 Å². The normalized spacial score (nSPS) is 27.6. The molecule has 3 rings (SSSR count). The number of amides is 2. The van der Waals surface area contributed by atoms with Gasteiger partial charge in [-0.25, -0.2) is 0 Å². The molecule has 0 saturated carbocycles. The van der Waals surface area contributed by atoms with Gasteiger partial charge in [-0.2, -0.15) is 0 Å². The third-order valence-corrected chi connectivity index (χ3v) is 4.94. The zero-order valence-electron chi connectivity index (χ0n) is 12.6. The highest BCUT2D eigenvalue weighted by Crippen LogP contribution is 2.23. The van der Waals surface area contributed by atoms with Crippen molar-refractivity contribution in [3.8, 4) is 0 Å². The van der Waals surface area contributed by atoms with Crippen LogP contribution in [0.2, 0.25) is 0 Å². The van der Waals surface area contributed by atoms with E-state index in [9.17, 15) is 9.59 Å². The third-order valence-electron chi connectivity index (χ3n) is 4.94. The molecule has 1 N–H and O–H groups in total. The van der Waals surface area contributed by atoms with E-state index in [1.807, 2.05) is 9.80 Å². The fraction of sp³-hybridized carbons (Fsp3) is 0.867. The first-order valence-electron chi connectivity index (χ1n) is 8.07. The standard InChI is InChI=1S/C15H25N3O2.ClH/c19-14-5-3-9-18(14)12-6-10-17(11-7-12)15(20)13-4-1-2-8-16-13;/h12-13,16H,1-11H2;1H. The van der Waals surface area contributed by atoms with E-state index in [1.54, 1.807) is 0 Å². The lowest BCUT2D eigenvalue weighted by atomic mass is 10.00. The molecule has 21 heavy (non-hydrogen) atoms. The van der Waals surface area contributed by atoms with E-state index >= 15 is 0 Å². The second kappa shape index (κ2) is 7.45. The van der Waals surface area contributed by atoms with Crippen molar-refractivity contribution in [3.05, 3.63) is 0 Å². The number of carbonyl (C=O) groups excluding carboxylic acids is 2. The second-order valence-electron chi connectivity index (χ2n) is 6.25. The molecule has 0 aromatic rings. The molecule has 3 heterocycles. The number of hydrogen-bond donors (Lipinski definition) is 1. The Morgan fingerprint density at radius 2 is 1.81 bits per heavy atom. The van der Waals surface area contributed by atoms with Crippen LogP contribution in [0.1, 0.15) is 44.9 Å². The number of halogens is 1. The van der Waals surface area contributed by atoms with Crippen LogP contribution in [-0.4, -0.2) is 59.9 Å². The molecule has 0 radical (unpaired) electrons. The summed E-state index contributed by atoms with van der Waals surface area (Å²) in [6.07, 6.45) is 6.93. The lowest BCUT2D eigenvalue weighted by molar-refractivity contribution is -0.136. The van der Waals surface area contributed by atoms with Crippen molar-refractivity contribution in [1.29, 1.82) is 0 Å². The lowest BCUT2D eigenvalue weighted by Gasteiger charge is -2.38. The maximum absolute atomic E-state index is 12.4. The van der Waals surface area contributed by atoms with Gasteiger partial charge in [0.1, 0.15) is 0 Å². The van der Waals surface area contributed by atoms with Crippen molar-refractivity contribution in [3.63, 3.8) is 0 Å². The van der Waals surface area contributed by atoms with Gasteiger partial charge in [-0.05, 0) is 38.6 Å². The van der Waals surface area contributed by atoms with Crippen LogP contribution in [0.25, 0.3) is 0 Å². The summed E-state index contributed by atoms with van der Waals surface area (Å²) in [5.74, 6) is 0.583. The zero-order valence-corrected chi connectivity index (χ0v) is 13.4. The molecule has 120 valence electrons. The van der Waals surface area contributed by atoms with Gasteiger partial charge in [-0.15, -0.1) is 12.4 Å². The molecule has 5 nitrogen and oxygen atoms in total. The molecule has 3 aliphatic heterocycles. The van der Waals surface area contributed by atoms with E-state index in [-0.39, 0.29) is 24.4 Å². The molecule has 0 bridgehead atoms. The monoisotopic (exact) mass is 315 g/mol. The van der Waals surface area contributed by atoms with Crippen molar-refractivity contribution in [1.82, 2.24) is 15.1 Å². The first kappa shape index (κ1) is 16.6. The quantitative estimate of drug-likeness (QED) is 0.832. The Balaban J connectivity index is 0.00000161. The minimum absolute atomic E-state index is 0. The summed E-state index contributed by atoms with van der Waals surface area (Å²) in [4.78, 5) is 28.2. The molecule has 3 saturated heterocycles. The minimum atomic E-state index is 0. The van der Waals surface area contributed by atoms with Gasteiger partial charge >= 0.3 is 0 Å². The van der Waals surface area contributed by atoms with Crippen LogP contribution < -0.4 is 5.32 Å². The predicted octanol–water partition coefficient (Wildman–Crippen LogP) is 1.16. The molecule has 1 atom stereocenters. The molecule has 0 aromatic heterocycles. The molecule has 1 unspecified atom stereocenters. The molecule has 3 fully saturated rings. The average molecular weight is 316 g/mol. The van der Waals surface area contributed by atoms with Gasteiger partial charge < -0.3 is 15.1 Å². The summed E-state index contributed by atoms with van der Waals surface area (Å²) in [6.45, 7) is 3.51. The van der Waals surface area contributed by atoms with Crippen LogP contribution in [-0.2, 0) is 9.59 Å². The smallest absolute Gasteiger partial charge is 0.239 e. The molecular formula is C15H26ClN3O2. The van der Waals surface area contributed by atoms with Gasteiger partial charge in [0, 0.05) is 32.1 Å². The van der Waals surface area contributed by atoms with E-state index in [0.29, 0.717) is 18.4 Å². The van der Waals surface area contributed by atoms with E-state index in [0.717, 1.165) is 58.3 Å². The van der Waals surface area contributed by atoms with Crippen LogP contribution in [0, 0.1) is 0 Å². The number of hydrogen-bond acceptors (Lipinski definition) is 3. The second-order valence-corrected chi connectivity index (χ2v) is 6.25. The number of nitrogens with one attached hydrogen (secondary N) is 1. The van der Waals surface area contributed by atoms with Crippen LogP contribution in [0.3, 0.4) is 0 Å². The van der Waals surface area contributed by atoms with Crippen molar-refractivity contribution in [2.75, 3.05) is 26.2 Å². The predicted molar refractivity (Wildman–Crippen MR) is 83.4 cm³/mol. The molecule has 3 aliphatic rings. The molecule has 6 heteroatoms. The Hall–Kier alpha value is -0.810. The highest BCUT2D eigenvalue weighted by Gasteiger charge is 2.33. The maximum atomic E-state index is 12.4. The summed E-state index contributed by atoms with van der Waals surface area (Å²) in [6, 6.07) is 0.405. The van der Waals surface area contributed by atoms with Crippen molar-refractivity contribution < 1.29 is 9.59 Å². The van der Waals surface area contributed by atoms with Gasteiger partial charge in [0.2, 0.25) is 11.8 Å². The van der Waals surface area contributed by atoms with Crippen LogP contribution in [0.15, 0.2) is 0 Å². The Morgan fingerprint density at radius 1 is 1.05 bits per heavy atom. The fourth-order valence-electron chi connectivity index (χ4n) is 3.74. The average Bonchev–Trinajstić information content (AvgIpc) is 2.94. The van der Waals surface area contributed by atoms with Crippen molar-refractivity contribution >= 4 is 24.2 Å². The first-order chi connectivity index (χ1) is 9.75. The Kier molecular flexibility index (Phi) is 5.88. The topological polar surface area (TPSA) is 52.7 Å². The largest absolute Gasteiger partial charge is 0.341 e. The van der Waals surface area contributed by atoms with Gasteiger partial charge in [0.15, 0.2) is 0 Å². The molecule has 0 spiro atoms. The van der Waals surface area contributed by atoms with E-state index < -0.39 is 0 Å². The molecule has 0 aliphatic carbocycles. The SMILES string of the molecule is Cl.O=C(C1CCCCN1)N1CCC(N2CCCC2=O)CC1. The van der Waals surface area contributed by atoms with Crippen LogP contribution in [0.4, 0.5) is 0 Å². The van der Waals surface area contributed by atoms with E-state index in [2.05, 4.69) is 5.32 Å². The van der Waals surface area contributed by atoms with Crippen molar-refractivity contribution in [2.24, 2.45) is 0 Å². The van der Waals surface area contributed by atoms with E-state index in [1.165, 1.54) is 6.42 Å². The van der Waals surface area contributed by atoms with Crippen LogP contribution >= 0.6 is 12.4 Å². The number of rotatable bonds is 2. The summed E-state index contributed by atoms with van der Waals surface area (Å²) in [7, 11) is 0. The van der Waals surface area contributed by atoms with Crippen LogP contribution in [0.5, 0.6) is 0 Å². The third kappa shape index (κ3) is 3.69. The number of carbonyl (C=O) groups is 2. The lowest BCUT2D eigenvalue weighted by Crippen LogP contribution is -2.53.